The maximum absolute atomic E-state index is 5.38. The van der Waals surface area contributed by atoms with Crippen molar-refractivity contribution in [1.82, 2.24) is 19.7 Å². The quantitative estimate of drug-likeness (QED) is 0.661. The van der Waals surface area contributed by atoms with Crippen LogP contribution in [-0.2, 0) is 10.2 Å². The predicted octanol–water partition coefficient (Wildman–Crippen LogP) is 3.83. The Balaban J connectivity index is 1.36. The van der Waals surface area contributed by atoms with E-state index in [2.05, 4.69) is 64.2 Å². The molecular formula is C25H32N6O. The summed E-state index contributed by atoms with van der Waals surface area (Å²) in [7, 11) is 0. The predicted molar refractivity (Wildman–Crippen MR) is 128 cm³/mol. The minimum Gasteiger partial charge on any atom is -0.378 e. The van der Waals surface area contributed by atoms with Gasteiger partial charge in [-0.25, -0.2) is 4.68 Å². The van der Waals surface area contributed by atoms with E-state index >= 15 is 0 Å². The highest BCUT2D eigenvalue weighted by atomic mass is 16.5. The number of benzene rings is 2. The standard InChI is InChI=1S/C25H32N6O/c1-25(2,3)19-13-20(27-24-26-18-31(28-24)21-7-5-4-6-8-21)15-22(14-19)29-9-11-30(12-10-29)23-16-32-17-23/h4-8,13-15,18,23H,9-12,16-17H2,1-3H3,(H,27,28). The molecule has 7 nitrogen and oxygen atoms in total. The molecule has 2 aliphatic heterocycles. The van der Waals surface area contributed by atoms with Crippen LogP contribution in [-0.4, -0.2) is 65.1 Å². The van der Waals surface area contributed by atoms with Gasteiger partial charge in [0, 0.05) is 37.6 Å². The Bertz CT molecular complexity index is 1050. The van der Waals surface area contributed by atoms with Crippen molar-refractivity contribution < 1.29 is 4.74 Å². The molecule has 2 fully saturated rings. The van der Waals surface area contributed by atoms with E-state index in [-0.39, 0.29) is 5.41 Å². The molecule has 2 aromatic carbocycles. The number of ether oxygens (including phenoxy) is 1. The van der Waals surface area contributed by atoms with Gasteiger partial charge in [0.05, 0.1) is 24.9 Å². The van der Waals surface area contributed by atoms with Crippen LogP contribution in [0.15, 0.2) is 54.9 Å². The number of nitrogens with one attached hydrogen (secondary N) is 1. The number of rotatable bonds is 5. The van der Waals surface area contributed by atoms with Crippen LogP contribution in [0, 0.1) is 0 Å². The van der Waals surface area contributed by atoms with Crippen molar-refractivity contribution in [3.05, 3.63) is 60.4 Å². The van der Waals surface area contributed by atoms with Crippen molar-refractivity contribution in [2.45, 2.75) is 32.2 Å². The molecule has 5 rings (SSSR count). The molecular weight excluding hydrogens is 400 g/mol. The lowest BCUT2D eigenvalue weighted by Crippen LogP contribution is -2.56. The molecule has 168 valence electrons. The average Bonchev–Trinajstić information content (AvgIpc) is 3.21. The zero-order chi connectivity index (χ0) is 22.1. The van der Waals surface area contributed by atoms with Crippen LogP contribution in [0.1, 0.15) is 26.3 Å². The summed E-state index contributed by atoms with van der Waals surface area (Å²) in [6.45, 7) is 12.8. The highest BCUT2D eigenvalue weighted by molar-refractivity contribution is 5.65. The zero-order valence-electron chi connectivity index (χ0n) is 19.2. The lowest BCUT2D eigenvalue weighted by atomic mass is 9.86. The van der Waals surface area contributed by atoms with Crippen molar-refractivity contribution in [2.24, 2.45) is 0 Å². The number of nitrogens with zero attached hydrogens (tertiary/aromatic N) is 5. The Morgan fingerprint density at radius 1 is 0.938 bits per heavy atom. The second-order valence-corrected chi connectivity index (χ2v) is 9.71. The molecule has 1 N–H and O–H groups in total. The molecule has 3 aromatic rings. The number of aromatic nitrogens is 3. The van der Waals surface area contributed by atoms with Crippen LogP contribution in [0.5, 0.6) is 0 Å². The highest BCUT2D eigenvalue weighted by Gasteiger charge is 2.29. The minimum absolute atomic E-state index is 0.0500. The molecule has 0 aliphatic carbocycles. The summed E-state index contributed by atoms with van der Waals surface area (Å²) in [6.07, 6.45) is 1.75. The molecule has 2 aliphatic rings. The fourth-order valence-electron chi connectivity index (χ4n) is 4.23. The summed E-state index contributed by atoms with van der Waals surface area (Å²) in [5.41, 5.74) is 4.62. The van der Waals surface area contributed by atoms with Gasteiger partial charge in [-0.05, 0) is 41.3 Å². The van der Waals surface area contributed by atoms with E-state index in [0.717, 1.165) is 50.8 Å². The number of piperazine rings is 1. The maximum Gasteiger partial charge on any atom is 0.246 e. The first-order chi connectivity index (χ1) is 15.5. The Morgan fingerprint density at radius 2 is 1.69 bits per heavy atom. The van der Waals surface area contributed by atoms with E-state index in [0.29, 0.717) is 12.0 Å². The Morgan fingerprint density at radius 3 is 2.34 bits per heavy atom. The third-order valence-electron chi connectivity index (χ3n) is 6.37. The van der Waals surface area contributed by atoms with Gasteiger partial charge in [-0.2, -0.15) is 4.98 Å². The van der Waals surface area contributed by atoms with Gasteiger partial charge >= 0.3 is 0 Å². The fourth-order valence-corrected chi connectivity index (χ4v) is 4.23. The summed E-state index contributed by atoms with van der Waals surface area (Å²) >= 11 is 0. The number of hydrogen-bond acceptors (Lipinski definition) is 6. The molecule has 2 saturated heterocycles. The summed E-state index contributed by atoms with van der Waals surface area (Å²) < 4.78 is 7.17. The van der Waals surface area contributed by atoms with Crippen LogP contribution in [0.3, 0.4) is 0 Å². The number of para-hydroxylation sites is 1. The molecule has 3 heterocycles. The largest absolute Gasteiger partial charge is 0.378 e. The van der Waals surface area contributed by atoms with Crippen LogP contribution in [0.2, 0.25) is 0 Å². The summed E-state index contributed by atoms with van der Waals surface area (Å²) in [6, 6.07) is 17.4. The van der Waals surface area contributed by atoms with Crippen LogP contribution < -0.4 is 10.2 Å². The molecule has 0 radical (unpaired) electrons. The lowest BCUT2D eigenvalue weighted by Gasteiger charge is -2.43. The molecule has 0 atom stereocenters. The summed E-state index contributed by atoms with van der Waals surface area (Å²) in [4.78, 5) is 9.53. The van der Waals surface area contributed by atoms with E-state index in [4.69, 9.17) is 4.74 Å². The van der Waals surface area contributed by atoms with E-state index < -0.39 is 0 Å². The van der Waals surface area contributed by atoms with E-state index in [1.165, 1.54) is 11.3 Å². The highest BCUT2D eigenvalue weighted by Crippen LogP contribution is 2.32. The first-order valence-electron chi connectivity index (χ1n) is 11.4. The smallest absolute Gasteiger partial charge is 0.246 e. The third kappa shape index (κ3) is 4.49. The second kappa shape index (κ2) is 8.56. The molecule has 32 heavy (non-hydrogen) atoms. The Labute approximate surface area is 190 Å². The zero-order valence-corrected chi connectivity index (χ0v) is 19.2. The summed E-state index contributed by atoms with van der Waals surface area (Å²) in [5.74, 6) is 0.598. The van der Waals surface area contributed by atoms with E-state index in [1.54, 1.807) is 11.0 Å². The molecule has 7 heteroatoms. The van der Waals surface area contributed by atoms with Gasteiger partial charge in [0.15, 0.2) is 0 Å². The molecule has 0 unspecified atom stereocenters. The topological polar surface area (TPSA) is 58.5 Å². The van der Waals surface area contributed by atoms with Gasteiger partial charge in [0.2, 0.25) is 5.95 Å². The average molecular weight is 433 g/mol. The normalized spacial score (nSPS) is 17.9. The number of anilines is 3. The van der Waals surface area contributed by atoms with Crippen molar-refractivity contribution in [1.29, 1.82) is 0 Å². The number of hydrogen-bond donors (Lipinski definition) is 1. The molecule has 0 amide bonds. The maximum atomic E-state index is 5.38. The molecule has 0 saturated carbocycles. The van der Waals surface area contributed by atoms with Crippen LogP contribution >= 0.6 is 0 Å². The summed E-state index contributed by atoms with van der Waals surface area (Å²) in [5, 5.41) is 8.05. The van der Waals surface area contributed by atoms with Crippen LogP contribution in [0.4, 0.5) is 17.3 Å². The van der Waals surface area contributed by atoms with Crippen LogP contribution in [0.25, 0.3) is 5.69 Å². The second-order valence-electron chi connectivity index (χ2n) is 9.71. The molecule has 0 bridgehead atoms. The third-order valence-corrected chi connectivity index (χ3v) is 6.37. The first kappa shape index (κ1) is 21.0. The van der Waals surface area contributed by atoms with Gasteiger partial charge in [-0.1, -0.05) is 39.0 Å². The van der Waals surface area contributed by atoms with Gasteiger partial charge in [0.25, 0.3) is 0 Å². The monoisotopic (exact) mass is 432 g/mol. The SMILES string of the molecule is CC(C)(C)c1cc(Nc2ncn(-c3ccccc3)n2)cc(N2CCN(C3COC3)CC2)c1. The van der Waals surface area contributed by atoms with Gasteiger partial charge in [0.1, 0.15) is 6.33 Å². The van der Waals surface area contributed by atoms with E-state index in [1.807, 2.05) is 30.3 Å². The van der Waals surface area contributed by atoms with Crippen molar-refractivity contribution in [3.8, 4) is 5.69 Å². The van der Waals surface area contributed by atoms with Gasteiger partial charge < -0.3 is 15.0 Å². The van der Waals surface area contributed by atoms with Crippen molar-refractivity contribution >= 4 is 17.3 Å². The lowest BCUT2D eigenvalue weighted by molar-refractivity contribution is -0.0660. The fraction of sp³-hybridized carbons (Fsp3) is 0.440. The van der Waals surface area contributed by atoms with Gasteiger partial charge in [-0.15, -0.1) is 5.10 Å². The Kier molecular flexibility index (Phi) is 5.61. The van der Waals surface area contributed by atoms with Crippen molar-refractivity contribution in [3.63, 3.8) is 0 Å². The first-order valence-corrected chi connectivity index (χ1v) is 11.4. The molecule has 1 aromatic heterocycles. The van der Waals surface area contributed by atoms with Crippen molar-refractivity contribution in [2.75, 3.05) is 49.6 Å². The molecule has 0 spiro atoms. The van der Waals surface area contributed by atoms with Gasteiger partial charge in [-0.3, -0.25) is 4.90 Å². The Hall–Kier alpha value is -2.90. The minimum atomic E-state index is 0.0500. The van der Waals surface area contributed by atoms with E-state index in [9.17, 15) is 0 Å².